The second kappa shape index (κ2) is 8.76. The summed E-state index contributed by atoms with van der Waals surface area (Å²) in [7, 11) is 1.51. The van der Waals surface area contributed by atoms with Gasteiger partial charge in [0.1, 0.15) is 0 Å². The molecular formula is C21H21N3O2. The molecule has 0 bridgehead atoms. The van der Waals surface area contributed by atoms with Crippen LogP contribution in [0.3, 0.4) is 0 Å². The minimum Gasteiger partial charge on any atom is -0.480 e. The van der Waals surface area contributed by atoms with Crippen LogP contribution in [0.25, 0.3) is 0 Å². The number of benzene rings is 2. The van der Waals surface area contributed by atoms with Crippen molar-refractivity contribution in [2.75, 3.05) is 13.7 Å². The Kier molecular flexibility index (Phi) is 5.93. The molecule has 1 aromatic heterocycles. The second-order valence-corrected chi connectivity index (χ2v) is 5.88. The van der Waals surface area contributed by atoms with Gasteiger partial charge >= 0.3 is 0 Å². The number of carbonyl (C=O) groups is 1. The number of methoxy groups -OCH3 is 1. The zero-order valence-electron chi connectivity index (χ0n) is 14.6. The van der Waals surface area contributed by atoms with Crippen LogP contribution >= 0.6 is 0 Å². The first-order valence-corrected chi connectivity index (χ1v) is 8.53. The van der Waals surface area contributed by atoms with Crippen molar-refractivity contribution >= 4 is 5.91 Å². The quantitative estimate of drug-likeness (QED) is 0.711. The first-order chi connectivity index (χ1) is 12.8. The maximum absolute atomic E-state index is 12.2. The SMILES string of the molecule is COc1ccc(C(=O)NCCC(c2ccccc2)c2ccccc2)nn1. The molecule has 5 heteroatoms. The molecule has 1 heterocycles. The van der Waals surface area contributed by atoms with Crippen molar-refractivity contribution in [1.29, 1.82) is 0 Å². The molecule has 0 unspecified atom stereocenters. The lowest BCUT2D eigenvalue weighted by atomic mass is 9.88. The van der Waals surface area contributed by atoms with Crippen molar-refractivity contribution in [2.45, 2.75) is 12.3 Å². The molecule has 0 spiro atoms. The van der Waals surface area contributed by atoms with E-state index < -0.39 is 0 Å². The van der Waals surface area contributed by atoms with Gasteiger partial charge in [-0.3, -0.25) is 4.79 Å². The lowest BCUT2D eigenvalue weighted by molar-refractivity contribution is 0.0946. The van der Waals surface area contributed by atoms with Gasteiger partial charge in [-0.1, -0.05) is 60.7 Å². The maximum atomic E-state index is 12.2. The smallest absolute Gasteiger partial charge is 0.271 e. The number of nitrogens with one attached hydrogen (secondary N) is 1. The molecule has 0 aliphatic heterocycles. The van der Waals surface area contributed by atoms with E-state index in [9.17, 15) is 4.79 Å². The van der Waals surface area contributed by atoms with Crippen LogP contribution in [-0.2, 0) is 0 Å². The molecule has 3 rings (SSSR count). The van der Waals surface area contributed by atoms with E-state index in [1.807, 2.05) is 36.4 Å². The molecule has 0 aliphatic rings. The first kappa shape index (κ1) is 17.6. The Bertz CT molecular complexity index is 781. The van der Waals surface area contributed by atoms with Gasteiger partial charge in [-0.05, 0) is 23.6 Å². The number of carbonyl (C=O) groups excluding carboxylic acids is 1. The van der Waals surface area contributed by atoms with E-state index in [0.717, 1.165) is 6.42 Å². The van der Waals surface area contributed by atoms with Crippen molar-refractivity contribution in [3.63, 3.8) is 0 Å². The molecule has 0 atom stereocenters. The average Bonchev–Trinajstić information content (AvgIpc) is 2.72. The molecule has 26 heavy (non-hydrogen) atoms. The van der Waals surface area contributed by atoms with Gasteiger partial charge in [-0.25, -0.2) is 0 Å². The molecule has 0 radical (unpaired) electrons. The fourth-order valence-corrected chi connectivity index (χ4v) is 2.87. The van der Waals surface area contributed by atoms with E-state index in [4.69, 9.17) is 4.74 Å². The maximum Gasteiger partial charge on any atom is 0.271 e. The molecule has 132 valence electrons. The van der Waals surface area contributed by atoms with E-state index in [0.29, 0.717) is 12.4 Å². The largest absolute Gasteiger partial charge is 0.480 e. The molecule has 0 fully saturated rings. The second-order valence-electron chi connectivity index (χ2n) is 5.88. The Labute approximate surface area is 153 Å². The molecule has 0 aliphatic carbocycles. The van der Waals surface area contributed by atoms with Crippen molar-refractivity contribution in [2.24, 2.45) is 0 Å². The standard InChI is InChI=1S/C21H21N3O2/c1-26-20-13-12-19(23-24-20)21(25)22-15-14-18(16-8-4-2-5-9-16)17-10-6-3-7-11-17/h2-13,18H,14-15H2,1H3,(H,22,25). The van der Waals surface area contributed by atoms with Gasteiger partial charge in [0.2, 0.25) is 5.88 Å². The molecule has 5 nitrogen and oxygen atoms in total. The van der Waals surface area contributed by atoms with Gasteiger partial charge in [0.15, 0.2) is 5.69 Å². The molecule has 2 aromatic carbocycles. The van der Waals surface area contributed by atoms with E-state index in [1.54, 1.807) is 12.1 Å². The lowest BCUT2D eigenvalue weighted by Crippen LogP contribution is -2.27. The molecular weight excluding hydrogens is 326 g/mol. The predicted molar refractivity (Wildman–Crippen MR) is 100 cm³/mol. The third-order valence-electron chi connectivity index (χ3n) is 4.20. The van der Waals surface area contributed by atoms with E-state index in [2.05, 4.69) is 39.8 Å². The van der Waals surface area contributed by atoms with Crippen LogP contribution in [0.5, 0.6) is 5.88 Å². The number of nitrogens with zero attached hydrogens (tertiary/aromatic N) is 2. The highest BCUT2D eigenvalue weighted by molar-refractivity contribution is 5.92. The molecule has 1 N–H and O–H groups in total. The summed E-state index contributed by atoms with van der Waals surface area (Å²) in [6, 6.07) is 23.9. The highest BCUT2D eigenvalue weighted by atomic mass is 16.5. The number of hydrogen-bond donors (Lipinski definition) is 1. The van der Waals surface area contributed by atoms with Crippen molar-refractivity contribution in [1.82, 2.24) is 15.5 Å². The van der Waals surface area contributed by atoms with Crippen molar-refractivity contribution in [3.8, 4) is 5.88 Å². The summed E-state index contributed by atoms with van der Waals surface area (Å²) in [5, 5.41) is 10.6. The number of ether oxygens (including phenoxy) is 1. The minimum absolute atomic E-state index is 0.222. The van der Waals surface area contributed by atoms with Gasteiger partial charge in [0, 0.05) is 18.5 Å². The Morgan fingerprint density at radius 1 is 0.923 bits per heavy atom. The highest BCUT2D eigenvalue weighted by Crippen LogP contribution is 2.27. The van der Waals surface area contributed by atoms with Gasteiger partial charge in [-0.15, -0.1) is 10.2 Å². The number of aromatic nitrogens is 2. The van der Waals surface area contributed by atoms with Gasteiger partial charge in [0.05, 0.1) is 7.11 Å². The third kappa shape index (κ3) is 4.45. The number of rotatable bonds is 7. The molecule has 1 amide bonds. The van der Waals surface area contributed by atoms with Crippen LogP contribution in [0.2, 0.25) is 0 Å². The first-order valence-electron chi connectivity index (χ1n) is 8.53. The van der Waals surface area contributed by atoms with Gasteiger partial charge < -0.3 is 10.1 Å². The van der Waals surface area contributed by atoms with Gasteiger partial charge in [0.25, 0.3) is 5.91 Å². The Hall–Kier alpha value is -3.21. The van der Waals surface area contributed by atoms with Crippen LogP contribution in [-0.4, -0.2) is 29.8 Å². The van der Waals surface area contributed by atoms with E-state index >= 15 is 0 Å². The minimum atomic E-state index is -0.236. The van der Waals surface area contributed by atoms with Crippen LogP contribution < -0.4 is 10.1 Å². The fraction of sp³-hybridized carbons (Fsp3) is 0.190. The summed E-state index contributed by atoms with van der Waals surface area (Å²) >= 11 is 0. The van der Waals surface area contributed by atoms with Crippen molar-refractivity contribution in [3.05, 3.63) is 89.6 Å². The number of hydrogen-bond acceptors (Lipinski definition) is 4. The van der Waals surface area contributed by atoms with Crippen LogP contribution in [0.1, 0.15) is 34.0 Å². The summed E-state index contributed by atoms with van der Waals surface area (Å²) in [6.45, 7) is 0.543. The Balaban J connectivity index is 1.65. The van der Waals surface area contributed by atoms with Gasteiger partial charge in [-0.2, -0.15) is 0 Å². The summed E-state index contributed by atoms with van der Waals surface area (Å²) < 4.78 is 4.95. The molecule has 0 saturated heterocycles. The summed E-state index contributed by atoms with van der Waals surface area (Å²) in [4.78, 5) is 12.2. The van der Waals surface area contributed by atoms with E-state index in [1.165, 1.54) is 18.2 Å². The average molecular weight is 347 g/mol. The van der Waals surface area contributed by atoms with Crippen LogP contribution in [0.15, 0.2) is 72.8 Å². The Morgan fingerprint density at radius 3 is 2.04 bits per heavy atom. The zero-order chi connectivity index (χ0) is 18.2. The summed E-state index contributed by atoms with van der Waals surface area (Å²) in [6.07, 6.45) is 0.795. The zero-order valence-corrected chi connectivity index (χ0v) is 14.6. The molecule has 0 saturated carbocycles. The number of amides is 1. The normalized spacial score (nSPS) is 10.5. The predicted octanol–water partition coefficient (Wildman–Crippen LogP) is 3.44. The lowest BCUT2D eigenvalue weighted by Gasteiger charge is -2.18. The van der Waals surface area contributed by atoms with Crippen molar-refractivity contribution < 1.29 is 9.53 Å². The summed E-state index contributed by atoms with van der Waals surface area (Å²) in [5.41, 5.74) is 2.75. The third-order valence-corrected chi connectivity index (χ3v) is 4.20. The topological polar surface area (TPSA) is 64.1 Å². The van der Waals surface area contributed by atoms with E-state index in [-0.39, 0.29) is 17.5 Å². The molecule has 3 aromatic rings. The Morgan fingerprint density at radius 2 is 1.54 bits per heavy atom. The fourth-order valence-electron chi connectivity index (χ4n) is 2.87. The summed E-state index contributed by atoms with van der Waals surface area (Å²) in [5.74, 6) is 0.370. The monoisotopic (exact) mass is 347 g/mol. The highest BCUT2D eigenvalue weighted by Gasteiger charge is 2.15. The van der Waals surface area contributed by atoms with Crippen LogP contribution in [0, 0.1) is 0 Å². The van der Waals surface area contributed by atoms with Crippen LogP contribution in [0.4, 0.5) is 0 Å².